The Balaban J connectivity index is 2.42. The average molecular weight is 308 g/mol. The lowest BCUT2D eigenvalue weighted by Crippen LogP contribution is -2.38. The molecule has 0 amide bonds. The van der Waals surface area contributed by atoms with Crippen LogP contribution in [0, 0.1) is 0 Å². The van der Waals surface area contributed by atoms with E-state index in [0.29, 0.717) is 6.04 Å². The highest BCUT2D eigenvalue weighted by Crippen LogP contribution is 2.26. The Labute approximate surface area is 138 Å². The molecule has 0 fully saturated rings. The molecule has 120 valence electrons. The van der Waals surface area contributed by atoms with Crippen LogP contribution in [0.2, 0.25) is 0 Å². The topological polar surface area (TPSA) is 10.4 Å². The second kappa shape index (κ2) is 5.73. The molecule has 2 aromatic carbocycles. The molecule has 0 unspecified atom stereocenters. The van der Waals surface area contributed by atoms with E-state index in [-0.39, 0.29) is 0 Å². The van der Waals surface area contributed by atoms with E-state index in [9.17, 15) is 0 Å². The monoisotopic (exact) mass is 308 g/mol. The summed E-state index contributed by atoms with van der Waals surface area (Å²) >= 11 is 0. The smallest absolute Gasteiger partial charge is 0.215 e. The van der Waals surface area contributed by atoms with E-state index in [4.69, 9.17) is 0 Å². The first-order valence-electron chi connectivity index (χ1n) is 8.15. The van der Waals surface area contributed by atoms with Crippen LogP contribution in [0.25, 0.3) is 21.8 Å². The number of rotatable bonds is 3. The van der Waals surface area contributed by atoms with E-state index < -0.39 is 0 Å². The second-order valence-corrected chi connectivity index (χ2v) is 6.88. The summed E-state index contributed by atoms with van der Waals surface area (Å²) in [5, 5.41) is 2.57. The summed E-state index contributed by atoms with van der Waals surface area (Å²) in [6.07, 6.45) is 0. The SMILES string of the molecule is CC(C)[n+]1c2cc(N(C)C)ccc2cc2ccc(N(C)C)cc21. The lowest BCUT2D eigenvalue weighted by atomic mass is 10.1. The second-order valence-electron chi connectivity index (χ2n) is 6.88. The highest BCUT2D eigenvalue weighted by molar-refractivity contribution is 5.91. The molecule has 3 rings (SSSR count). The molecule has 3 nitrogen and oxygen atoms in total. The number of nitrogens with zero attached hydrogens (tertiary/aromatic N) is 3. The van der Waals surface area contributed by atoms with Gasteiger partial charge < -0.3 is 9.80 Å². The predicted octanol–water partition coefficient (Wildman–Crippen LogP) is 3.99. The average Bonchev–Trinajstić information content (AvgIpc) is 2.50. The van der Waals surface area contributed by atoms with Gasteiger partial charge in [0.2, 0.25) is 11.0 Å². The third-order valence-corrected chi connectivity index (χ3v) is 4.41. The number of hydrogen-bond donors (Lipinski definition) is 0. The molecule has 0 bridgehead atoms. The van der Waals surface area contributed by atoms with Crippen LogP contribution in [0.1, 0.15) is 19.9 Å². The van der Waals surface area contributed by atoms with Gasteiger partial charge in [-0.3, -0.25) is 0 Å². The van der Waals surface area contributed by atoms with Gasteiger partial charge in [0.25, 0.3) is 0 Å². The van der Waals surface area contributed by atoms with Crippen LogP contribution in [0.4, 0.5) is 11.4 Å². The molecule has 0 aliphatic carbocycles. The molecule has 3 aromatic rings. The number of aromatic nitrogens is 1. The Bertz CT molecular complexity index is 798. The minimum absolute atomic E-state index is 0.399. The lowest BCUT2D eigenvalue weighted by molar-refractivity contribution is -0.666. The van der Waals surface area contributed by atoms with Gasteiger partial charge in [0, 0.05) is 62.5 Å². The fraction of sp³-hybridized carbons (Fsp3) is 0.350. The molecule has 0 N–H and O–H groups in total. The zero-order valence-corrected chi connectivity index (χ0v) is 15.0. The largest absolute Gasteiger partial charge is 0.377 e. The maximum atomic E-state index is 2.45. The first-order chi connectivity index (χ1) is 10.9. The fourth-order valence-corrected chi connectivity index (χ4v) is 3.14. The normalized spacial score (nSPS) is 11.4. The van der Waals surface area contributed by atoms with E-state index in [2.05, 4.69) is 98.9 Å². The highest BCUT2D eigenvalue weighted by atomic mass is 15.1. The van der Waals surface area contributed by atoms with E-state index in [0.717, 1.165) is 0 Å². The van der Waals surface area contributed by atoms with Crippen molar-refractivity contribution in [2.24, 2.45) is 0 Å². The van der Waals surface area contributed by atoms with Crippen molar-refractivity contribution in [2.75, 3.05) is 38.0 Å². The Morgan fingerprint density at radius 2 is 1.13 bits per heavy atom. The molecular formula is C20H26N3+. The van der Waals surface area contributed by atoms with Gasteiger partial charge in [-0.05, 0) is 44.2 Å². The van der Waals surface area contributed by atoms with Crippen LogP contribution >= 0.6 is 0 Å². The van der Waals surface area contributed by atoms with Crippen molar-refractivity contribution in [3.63, 3.8) is 0 Å². The zero-order chi connectivity index (χ0) is 16.7. The molecule has 0 spiro atoms. The molecule has 0 aliphatic heterocycles. The molecule has 23 heavy (non-hydrogen) atoms. The van der Waals surface area contributed by atoms with E-state index in [1.54, 1.807) is 0 Å². The van der Waals surface area contributed by atoms with Crippen LogP contribution in [-0.4, -0.2) is 28.2 Å². The summed E-state index contributed by atoms with van der Waals surface area (Å²) < 4.78 is 2.45. The molecule has 3 heteroatoms. The van der Waals surface area contributed by atoms with Gasteiger partial charge in [0.15, 0.2) is 6.04 Å². The number of benzene rings is 2. The van der Waals surface area contributed by atoms with E-state index >= 15 is 0 Å². The standard InChI is InChI=1S/C20H26N3/c1-14(2)23-19-12-17(21(3)4)9-7-15(19)11-16-8-10-18(22(5)6)13-20(16)23/h7-14H,1-6H3/q+1. The van der Waals surface area contributed by atoms with Crippen LogP contribution in [0.15, 0.2) is 42.5 Å². The van der Waals surface area contributed by atoms with Crippen molar-refractivity contribution in [1.82, 2.24) is 0 Å². The quantitative estimate of drug-likeness (QED) is 0.535. The Hall–Kier alpha value is -2.29. The molecule has 0 atom stereocenters. The lowest BCUT2D eigenvalue weighted by Gasteiger charge is -2.16. The van der Waals surface area contributed by atoms with Gasteiger partial charge in [-0.2, -0.15) is 4.57 Å². The summed E-state index contributed by atoms with van der Waals surface area (Å²) in [6, 6.07) is 16.1. The summed E-state index contributed by atoms with van der Waals surface area (Å²) in [5.74, 6) is 0. The van der Waals surface area contributed by atoms with Crippen LogP contribution in [-0.2, 0) is 0 Å². The summed E-state index contributed by atoms with van der Waals surface area (Å²) in [5.41, 5.74) is 5.04. The Morgan fingerprint density at radius 1 is 0.696 bits per heavy atom. The molecular weight excluding hydrogens is 282 g/mol. The van der Waals surface area contributed by atoms with Gasteiger partial charge in [0.05, 0.1) is 0 Å². The molecule has 1 heterocycles. The molecule has 0 radical (unpaired) electrons. The third-order valence-electron chi connectivity index (χ3n) is 4.41. The number of anilines is 2. The summed E-state index contributed by atoms with van der Waals surface area (Å²) in [4.78, 5) is 4.31. The molecule has 0 saturated carbocycles. The van der Waals surface area contributed by atoms with Crippen LogP contribution < -0.4 is 14.4 Å². The summed E-state index contributed by atoms with van der Waals surface area (Å²) in [6.45, 7) is 4.51. The van der Waals surface area contributed by atoms with Crippen LogP contribution in [0.5, 0.6) is 0 Å². The van der Waals surface area contributed by atoms with Crippen molar-refractivity contribution < 1.29 is 4.57 Å². The van der Waals surface area contributed by atoms with Gasteiger partial charge in [0.1, 0.15) is 0 Å². The van der Waals surface area contributed by atoms with Crippen molar-refractivity contribution in [1.29, 1.82) is 0 Å². The first kappa shape index (κ1) is 15.6. The first-order valence-corrected chi connectivity index (χ1v) is 8.15. The van der Waals surface area contributed by atoms with Crippen molar-refractivity contribution in [2.45, 2.75) is 19.9 Å². The van der Waals surface area contributed by atoms with Gasteiger partial charge in [-0.15, -0.1) is 0 Å². The van der Waals surface area contributed by atoms with Crippen molar-refractivity contribution >= 4 is 33.2 Å². The van der Waals surface area contributed by atoms with E-state index in [1.165, 1.54) is 33.2 Å². The minimum Gasteiger partial charge on any atom is -0.377 e. The fourth-order valence-electron chi connectivity index (χ4n) is 3.14. The van der Waals surface area contributed by atoms with Crippen LogP contribution in [0.3, 0.4) is 0 Å². The van der Waals surface area contributed by atoms with Crippen molar-refractivity contribution in [3.05, 3.63) is 42.5 Å². The molecule has 1 aromatic heterocycles. The number of pyridine rings is 1. The van der Waals surface area contributed by atoms with Gasteiger partial charge in [-0.25, -0.2) is 0 Å². The number of hydrogen-bond acceptors (Lipinski definition) is 2. The zero-order valence-electron chi connectivity index (χ0n) is 15.0. The van der Waals surface area contributed by atoms with Gasteiger partial charge >= 0.3 is 0 Å². The number of fused-ring (bicyclic) bond motifs is 2. The maximum Gasteiger partial charge on any atom is 0.215 e. The van der Waals surface area contributed by atoms with E-state index in [1.807, 2.05) is 0 Å². The van der Waals surface area contributed by atoms with Crippen molar-refractivity contribution in [3.8, 4) is 0 Å². The Kier molecular flexibility index (Phi) is 3.88. The minimum atomic E-state index is 0.399. The Morgan fingerprint density at radius 3 is 1.48 bits per heavy atom. The predicted molar refractivity (Wildman–Crippen MR) is 101 cm³/mol. The molecule has 0 saturated heterocycles. The van der Waals surface area contributed by atoms with Gasteiger partial charge in [-0.1, -0.05) is 0 Å². The highest BCUT2D eigenvalue weighted by Gasteiger charge is 2.19. The third kappa shape index (κ3) is 2.72. The molecule has 0 aliphatic rings. The maximum absolute atomic E-state index is 2.45. The summed E-state index contributed by atoms with van der Waals surface area (Å²) in [7, 11) is 8.36.